The van der Waals surface area contributed by atoms with Gasteiger partial charge in [-0.25, -0.2) is 13.4 Å². The van der Waals surface area contributed by atoms with E-state index in [9.17, 15) is 8.42 Å². The molecular weight excluding hydrogens is 410 g/mol. The Bertz CT molecular complexity index is 1370. The summed E-state index contributed by atoms with van der Waals surface area (Å²) < 4.78 is 29.7. The minimum absolute atomic E-state index is 0.362. The Morgan fingerprint density at radius 2 is 1.71 bits per heavy atom. The van der Waals surface area contributed by atoms with Crippen LogP contribution in [0.1, 0.15) is 11.3 Å². The third-order valence-corrected chi connectivity index (χ3v) is 7.91. The second-order valence-corrected chi connectivity index (χ2v) is 10.1. The number of nitrogens with zero attached hydrogens (tertiary/aromatic N) is 5. The number of aryl methyl sites for hydroxylation is 2. The fraction of sp³-hybridized carbons (Fsp3) is 0.304. The van der Waals surface area contributed by atoms with Gasteiger partial charge in [0.25, 0.3) is 0 Å². The van der Waals surface area contributed by atoms with Gasteiger partial charge in [-0.15, -0.1) is 0 Å². The molecule has 0 amide bonds. The number of rotatable bonds is 4. The zero-order valence-electron chi connectivity index (χ0n) is 17.7. The van der Waals surface area contributed by atoms with E-state index in [2.05, 4.69) is 21.0 Å². The van der Waals surface area contributed by atoms with Crippen LogP contribution in [-0.2, 0) is 23.6 Å². The van der Waals surface area contributed by atoms with Crippen molar-refractivity contribution in [3.8, 4) is 0 Å². The lowest BCUT2D eigenvalue weighted by Crippen LogP contribution is -2.48. The molecule has 0 unspecified atom stereocenters. The van der Waals surface area contributed by atoms with Crippen LogP contribution in [0.5, 0.6) is 0 Å². The maximum Gasteiger partial charge on any atom is 0.243 e. The van der Waals surface area contributed by atoms with Crippen LogP contribution in [-0.4, -0.2) is 58.6 Å². The maximum atomic E-state index is 13.2. The average molecular weight is 436 g/mol. The summed E-state index contributed by atoms with van der Waals surface area (Å²) in [5, 5.41) is 7.48. The Labute approximate surface area is 182 Å². The molecule has 31 heavy (non-hydrogen) atoms. The second-order valence-electron chi connectivity index (χ2n) is 8.11. The van der Waals surface area contributed by atoms with Gasteiger partial charge in [-0.3, -0.25) is 9.58 Å². The Kier molecular flexibility index (Phi) is 5.00. The molecule has 0 spiro atoms. The maximum absolute atomic E-state index is 13.2. The quantitative estimate of drug-likeness (QED) is 0.493. The molecule has 3 heterocycles. The first kappa shape index (κ1) is 20.1. The van der Waals surface area contributed by atoms with Crippen LogP contribution in [0.15, 0.2) is 59.6 Å². The van der Waals surface area contributed by atoms with Crippen LogP contribution in [0.2, 0.25) is 0 Å². The number of fused-ring (bicyclic) bond motifs is 2. The third kappa shape index (κ3) is 3.71. The fourth-order valence-electron chi connectivity index (χ4n) is 4.30. The van der Waals surface area contributed by atoms with Gasteiger partial charge >= 0.3 is 0 Å². The van der Waals surface area contributed by atoms with Gasteiger partial charge in [0, 0.05) is 51.4 Å². The summed E-state index contributed by atoms with van der Waals surface area (Å²) in [7, 11) is -1.60. The SMILES string of the molecule is Cc1nn(C)c2ncc(CN3CCN(S(=O)(=O)c4ccc5ccccc5c4)CC3)cc12. The molecule has 1 aliphatic rings. The highest BCUT2D eigenvalue weighted by Crippen LogP contribution is 2.23. The largest absolute Gasteiger partial charge is 0.296 e. The summed E-state index contributed by atoms with van der Waals surface area (Å²) in [5.41, 5.74) is 2.97. The predicted octanol–water partition coefficient (Wildman–Crippen LogP) is 2.94. The number of pyridine rings is 1. The third-order valence-electron chi connectivity index (χ3n) is 6.02. The monoisotopic (exact) mass is 435 g/mol. The molecule has 0 N–H and O–H groups in total. The van der Waals surface area contributed by atoms with E-state index in [0.717, 1.165) is 39.6 Å². The molecule has 0 saturated carbocycles. The van der Waals surface area contributed by atoms with Crippen LogP contribution >= 0.6 is 0 Å². The molecule has 7 nitrogen and oxygen atoms in total. The summed E-state index contributed by atoms with van der Waals surface area (Å²) >= 11 is 0. The number of sulfonamides is 1. The highest BCUT2D eigenvalue weighted by atomic mass is 32.2. The van der Waals surface area contributed by atoms with Crippen molar-refractivity contribution in [2.75, 3.05) is 26.2 Å². The van der Waals surface area contributed by atoms with E-state index in [4.69, 9.17) is 0 Å². The van der Waals surface area contributed by atoms with Crippen LogP contribution < -0.4 is 0 Å². The summed E-state index contributed by atoms with van der Waals surface area (Å²) in [6, 6.07) is 15.3. The zero-order valence-corrected chi connectivity index (χ0v) is 18.5. The molecule has 1 aliphatic heterocycles. The van der Waals surface area contributed by atoms with Crippen LogP contribution in [0, 0.1) is 6.92 Å². The van der Waals surface area contributed by atoms with E-state index >= 15 is 0 Å². The number of benzene rings is 2. The normalized spacial score (nSPS) is 16.3. The molecule has 8 heteroatoms. The Balaban J connectivity index is 1.28. The molecule has 4 aromatic rings. The highest BCUT2D eigenvalue weighted by Gasteiger charge is 2.28. The lowest BCUT2D eigenvalue weighted by atomic mass is 10.1. The van der Waals surface area contributed by atoms with E-state index in [1.54, 1.807) is 21.1 Å². The summed E-state index contributed by atoms with van der Waals surface area (Å²) in [4.78, 5) is 7.19. The summed E-state index contributed by atoms with van der Waals surface area (Å²) in [5.74, 6) is 0. The predicted molar refractivity (Wildman–Crippen MR) is 121 cm³/mol. The van der Waals surface area contributed by atoms with Crippen molar-refractivity contribution in [2.45, 2.75) is 18.4 Å². The Morgan fingerprint density at radius 3 is 2.48 bits per heavy atom. The molecule has 2 aromatic carbocycles. The topological polar surface area (TPSA) is 71.3 Å². The highest BCUT2D eigenvalue weighted by molar-refractivity contribution is 7.89. The molecule has 0 aliphatic carbocycles. The van der Waals surface area contributed by atoms with Gasteiger partial charge < -0.3 is 0 Å². The second kappa shape index (κ2) is 7.71. The van der Waals surface area contributed by atoms with Crippen LogP contribution in [0.3, 0.4) is 0 Å². The van der Waals surface area contributed by atoms with Crippen molar-refractivity contribution < 1.29 is 8.42 Å². The van der Waals surface area contributed by atoms with Gasteiger partial charge in [-0.05, 0) is 41.5 Å². The van der Waals surface area contributed by atoms with E-state index in [-0.39, 0.29) is 0 Å². The number of hydrogen-bond donors (Lipinski definition) is 0. The minimum Gasteiger partial charge on any atom is -0.296 e. The lowest BCUT2D eigenvalue weighted by molar-refractivity contribution is 0.181. The van der Waals surface area contributed by atoms with Crippen molar-refractivity contribution in [2.24, 2.45) is 7.05 Å². The van der Waals surface area contributed by atoms with Crippen molar-refractivity contribution in [1.29, 1.82) is 0 Å². The minimum atomic E-state index is -3.50. The van der Waals surface area contributed by atoms with E-state index in [0.29, 0.717) is 31.1 Å². The Morgan fingerprint density at radius 1 is 0.968 bits per heavy atom. The molecule has 1 saturated heterocycles. The van der Waals surface area contributed by atoms with Crippen molar-refractivity contribution in [3.63, 3.8) is 0 Å². The van der Waals surface area contributed by atoms with Gasteiger partial charge in [-0.2, -0.15) is 9.40 Å². The molecule has 0 atom stereocenters. The van der Waals surface area contributed by atoms with Crippen LogP contribution in [0.4, 0.5) is 0 Å². The van der Waals surface area contributed by atoms with Crippen molar-refractivity contribution >= 4 is 31.8 Å². The van der Waals surface area contributed by atoms with E-state index in [1.807, 2.05) is 50.5 Å². The number of piperazine rings is 1. The van der Waals surface area contributed by atoms with E-state index in [1.165, 1.54) is 0 Å². The van der Waals surface area contributed by atoms with E-state index < -0.39 is 10.0 Å². The first-order chi connectivity index (χ1) is 14.9. The van der Waals surface area contributed by atoms with Crippen molar-refractivity contribution in [3.05, 3.63) is 66.0 Å². The van der Waals surface area contributed by atoms with Crippen LogP contribution in [0.25, 0.3) is 21.8 Å². The summed E-state index contributed by atoms with van der Waals surface area (Å²) in [6.45, 7) is 5.09. The molecule has 1 fully saturated rings. The van der Waals surface area contributed by atoms with Gasteiger partial charge in [0.1, 0.15) is 0 Å². The molecule has 0 bridgehead atoms. The molecule has 5 rings (SSSR count). The van der Waals surface area contributed by atoms with Gasteiger partial charge in [0.05, 0.1) is 10.6 Å². The fourth-order valence-corrected chi connectivity index (χ4v) is 5.76. The molecule has 2 aromatic heterocycles. The standard InChI is InChI=1S/C23H25N5O2S/c1-17-22-13-18(15-24-23(22)26(2)25-17)16-27-9-11-28(12-10-27)31(29,30)21-8-7-19-5-3-4-6-20(19)14-21/h3-8,13-15H,9-12,16H2,1-2H3. The number of hydrogen-bond acceptors (Lipinski definition) is 5. The van der Waals surface area contributed by atoms with Crippen molar-refractivity contribution in [1.82, 2.24) is 24.0 Å². The zero-order chi connectivity index (χ0) is 21.6. The number of aromatic nitrogens is 3. The average Bonchev–Trinajstić information content (AvgIpc) is 3.06. The van der Waals surface area contributed by atoms with Gasteiger partial charge in [-0.1, -0.05) is 30.3 Å². The summed E-state index contributed by atoms with van der Waals surface area (Å²) in [6.07, 6.45) is 1.89. The first-order valence-electron chi connectivity index (χ1n) is 10.4. The molecular formula is C23H25N5O2S. The van der Waals surface area contributed by atoms with Gasteiger partial charge in [0.2, 0.25) is 10.0 Å². The first-order valence-corrected chi connectivity index (χ1v) is 11.9. The molecule has 160 valence electrons. The van der Waals surface area contributed by atoms with Gasteiger partial charge in [0.15, 0.2) is 5.65 Å². The molecule has 0 radical (unpaired) electrons. The smallest absolute Gasteiger partial charge is 0.243 e. The lowest BCUT2D eigenvalue weighted by Gasteiger charge is -2.34. The Hall–Kier alpha value is -2.81.